The highest BCUT2D eigenvalue weighted by atomic mass is 16.7. The second-order valence-electron chi connectivity index (χ2n) is 9.00. The molecule has 14 heteroatoms. The summed E-state index contributed by atoms with van der Waals surface area (Å²) in [6, 6.07) is 5.35. The number of aromatic nitrogens is 1. The quantitative estimate of drug-likeness (QED) is 0.0827. The fraction of sp³-hybridized carbons (Fsp3) is 0.455. The minimum absolute atomic E-state index is 0.0427. The van der Waals surface area contributed by atoms with Gasteiger partial charge in [-0.05, 0) is 45.2 Å². The van der Waals surface area contributed by atoms with Crippen LogP contribution in [0.2, 0.25) is 0 Å². The SMILES string of the molecule is CC(C)(C)OC(=O)N[C@@H](CCCN=C(N)N[N+](=O)[O-])C(=O)N[C@@H](Cc1c[nH]c2ccccc12)C(N)=O. The molecule has 0 aliphatic heterocycles. The van der Waals surface area contributed by atoms with Crippen LogP contribution in [-0.2, 0) is 20.7 Å². The third-order valence-electron chi connectivity index (χ3n) is 4.91. The van der Waals surface area contributed by atoms with Crippen molar-refractivity contribution in [3.63, 3.8) is 0 Å². The van der Waals surface area contributed by atoms with E-state index >= 15 is 0 Å². The first kappa shape index (κ1) is 27.9. The van der Waals surface area contributed by atoms with Gasteiger partial charge in [0.05, 0.1) is 0 Å². The van der Waals surface area contributed by atoms with E-state index in [1.54, 1.807) is 32.4 Å². The van der Waals surface area contributed by atoms with Gasteiger partial charge in [0.2, 0.25) is 11.8 Å². The highest BCUT2D eigenvalue weighted by Gasteiger charge is 2.28. The number of guanidine groups is 1. The maximum absolute atomic E-state index is 13.1. The van der Waals surface area contributed by atoms with Crippen LogP contribution in [0.4, 0.5) is 4.79 Å². The second-order valence-corrected chi connectivity index (χ2v) is 9.00. The van der Waals surface area contributed by atoms with Crippen molar-refractivity contribution in [3.8, 4) is 0 Å². The number of nitrogens with zero attached hydrogens (tertiary/aromatic N) is 2. The van der Waals surface area contributed by atoms with Crippen molar-refractivity contribution in [2.75, 3.05) is 6.54 Å². The molecule has 196 valence electrons. The van der Waals surface area contributed by atoms with Crippen LogP contribution < -0.4 is 27.5 Å². The van der Waals surface area contributed by atoms with Crippen LogP contribution in [0.5, 0.6) is 0 Å². The number of hydrogen-bond donors (Lipinski definition) is 6. The van der Waals surface area contributed by atoms with Crippen molar-refractivity contribution in [1.29, 1.82) is 0 Å². The Hall–Kier alpha value is -4.36. The molecule has 1 heterocycles. The predicted octanol–water partition coefficient (Wildman–Crippen LogP) is 0.450. The van der Waals surface area contributed by atoms with E-state index in [0.717, 1.165) is 16.5 Å². The molecule has 0 fully saturated rings. The van der Waals surface area contributed by atoms with E-state index in [1.165, 1.54) is 0 Å². The average molecular weight is 505 g/mol. The molecule has 3 amide bonds. The number of ether oxygens (including phenoxy) is 1. The molecular weight excluding hydrogens is 472 g/mol. The lowest BCUT2D eigenvalue weighted by molar-refractivity contribution is -0.525. The van der Waals surface area contributed by atoms with Gasteiger partial charge in [-0.2, -0.15) is 0 Å². The van der Waals surface area contributed by atoms with Gasteiger partial charge in [-0.1, -0.05) is 23.6 Å². The molecule has 2 aromatic rings. The van der Waals surface area contributed by atoms with Crippen LogP contribution in [0.1, 0.15) is 39.2 Å². The molecule has 8 N–H and O–H groups in total. The number of para-hydroxylation sites is 1. The van der Waals surface area contributed by atoms with E-state index in [1.807, 2.05) is 24.3 Å². The van der Waals surface area contributed by atoms with Gasteiger partial charge in [-0.25, -0.2) is 19.9 Å². The molecule has 0 spiro atoms. The Labute approximate surface area is 207 Å². The third kappa shape index (κ3) is 9.12. The summed E-state index contributed by atoms with van der Waals surface area (Å²) < 4.78 is 5.23. The van der Waals surface area contributed by atoms with Crippen LogP contribution in [0.15, 0.2) is 35.5 Å². The Kier molecular flexibility index (Phi) is 9.58. The molecule has 0 saturated heterocycles. The summed E-state index contributed by atoms with van der Waals surface area (Å²) in [6.45, 7) is 5.06. The maximum Gasteiger partial charge on any atom is 0.408 e. The minimum Gasteiger partial charge on any atom is -0.444 e. The smallest absolute Gasteiger partial charge is 0.408 e. The number of alkyl carbamates (subject to hydrolysis) is 1. The van der Waals surface area contributed by atoms with Crippen LogP contribution in [-0.4, -0.2) is 58.1 Å². The largest absolute Gasteiger partial charge is 0.444 e. The number of amides is 3. The van der Waals surface area contributed by atoms with Gasteiger partial charge < -0.3 is 31.8 Å². The van der Waals surface area contributed by atoms with Crippen molar-refractivity contribution in [1.82, 2.24) is 21.0 Å². The number of hydrazine groups is 1. The van der Waals surface area contributed by atoms with E-state index in [4.69, 9.17) is 16.2 Å². The highest BCUT2D eigenvalue weighted by Crippen LogP contribution is 2.19. The van der Waals surface area contributed by atoms with Crippen molar-refractivity contribution < 1.29 is 24.2 Å². The molecule has 0 unspecified atom stereocenters. The normalized spacial score (nSPS) is 13.5. The summed E-state index contributed by atoms with van der Waals surface area (Å²) in [7, 11) is 0. The molecule has 2 rings (SSSR count). The Morgan fingerprint density at radius 1 is 1.17 bits per heavy atom. The molecular formula is C22H32N8O6. The second kappa shape index (κ2) is 12.4. The molecule has 36 heavy (non-hydrogen) atoms. The lowest BCUT2D eigenvalue weighted by atomic mass is 10.0. The zero-order chi connectivity index (χ0) is 26.9. The van der Waals surface area contributed by atoms with Gasteiger partial charge in [-0.3, -0.25) is 9.59 Å². The number of nitrogens with one attached hydrogen (secondary N) is 4. The fourth-order valence-electron chi connectivity index (χ4n) is 3.36. The Morgan fingerprint density at radius 2 is 1.86 bits per heavy atom. The Balaban J connectivity index is 2.11. The molecule has 0 radical (unpaired) electrons. The first-order valence-corrected chi connectivity index (χ1v) is 11.2. The number of hydrogen-bond acceptors (Lipinski definition) is 7. The van der Waals surface area contributed by atoms with Crippen molar-refractivity contribution in [3.05, 3.63) is 46.1 Å². The van der Waals surface area contributed by atoms with E-state index in [0.29, 0.717) is 0 Å². The Bertz CT molecular complexity index is 1120. The third-order valence-corrected chi connectivity index (χ3v) is 4.91. The van der Waals surface area contributed by atoms with Crippen LogP contribution >= 0.6 is 0 Å². The van der Waals surface area contributed by atoms with Crippen LogP contribution in [0.25, 0.3) is 10.9 Å². The van der Waals surface area contributed by atoms with E-state index < -0.39 is 46.6 Å². The summed E-state index contributed by atoms with van der Waals surface area (Å²) in [6.07, 6.45) is 1.37. The first-order chi connectivity index (χ1) is 16.9. The number of fused-ring (bicyclic) bond motifs is 1. The number of H-pyrrole nitrogens is 1. The number of aromatic amines is 1. The maximum atomic E-state index is 13.1. The number of nitro groups is 1. The van der Waals surface area contributed by atoms with Crippen LogP contribution in [0, 0.1) is 10.1 Å². The molecule has 2 atom stereocenters. The zero-order valence-corrected chi connectivity index (χ0v) is 20.4. The summed E-state index contributed by atoms with van der Waals surface area (Å²) in [5, 5.41) is 15.5. The van der Waals surface area contributed by atoms with Crippen molar-refractivity contribution in [2.45, 2.75) is 57.7 Å². The fourth-order valence-corrected chi connectivity index (χ4v) is 3.36. The molecule has 0 saturated carbocycles. The van der Waals surface area contributed by atoms with Crippen LogP contribution in [0.3, 0.4) is 0 Å². The number of rotatable bonds is 11. The van der Waals surface area contributed by atoms with Crippen molar-refractivity contribution >= 4 is 34.8 Å². The average Bonchev–Trinajstić information content (AvgIpc) is 3.16. The van der Waals surface area contributed by atoms with Gasteiger partial charge in [0, 0.05) is 30.1 Å². The molecule has 0 aliphatic rings. The molecule has 14 nitrogen and oxygen atoms in total. The van der Waals surface area contributed by atoms with Gasteiger partial charge >= 0.3 is 6.09 Å². The van der Waals surface area contributed by atoms with Crippen molar-refractivity contribution in [2.24, 2.45) is 16.5 Å². The molecule has 0 bridgehead atoms. The molecule has 1 aromatic heterocycles. The molecule has 1 aromatic carbocycles. The monoisotopic (exact) mass is 504 g/mol. The van der Waals surface area contributed by atoms with Gasteiger partial charge in [0.25, 0.3) is 5.96 Å². The zero-order valence-electron chi connectivity index (χ0n) is 20.4. The summed E-state index contributed by atoms with van der Waals surface area (Å²) >= 11 is 0. The minimum atomic E-state index is -1.09. The van der Waals surface area contributed by atoms with E-state index in [9.17, 15) is 24.5 Å². The number of carbonyl (C=O) groups excluding carboxylic acids is 3. The summed E-state index contributed by atoms with van der Waals surface area (Å²) in [5.41, 5.74) is 13.5. The predicted molar refractivity (Wildman–Crippen MR) is 132 cm³/mol. The lowest BCUT2D eigenvalue weighted by Crippen LogP contribution is -2.54. The number of aliphatic imine (C=N–C) groups is 1. The number of carbonyl (C=O) groups is 3. The molecule has 0 aliphatic carbocycles. The number of primary amides is 1. The van der Waals surface area contributed by atoms with Gasteiger partial charge in [0.15, 0.2) is 5.03 Å². The first-order valence-electron chi connectivity index (χ1n) is 11.2. The highest BCUT2D eigenvalue weighted by molar-refractivity contribution is 5.91. The van der Waals surface area contributed by atoms with Gasteiger partial charge in [0.1, 0.15) is 17.7 Å². The summed E-state index contributed by atoms with van der Waals surface area (Å²) in [4.78, 5) is 54.8. The number of benzene rings is 1. The van der Waals surface area contributed by atoms with E-state index in [-0.39, 0.29) is 25.8 Å². The topological polar surface area (TPSA) is 220 Å². The Morgan fingerprint density at radius 3 is 2.50 bits per heavy atom. The number of nitrogens with two attached hydrogens (primary N) is 2. The summed E-state index contributed by atoms with van der Waals surface area (Å²) in [5.74, 6) is -1.79. The van der Waals surface area contributed by atoms with E-state index in [2.05, 4.69) is 20.6 Å². The lowest BCUT2D eigenvalue weighted by Gasteiger charge is -2.24. The standard InChI is InChI=1S/C22H32N8O6/c1-22(2,3)36-21(33)28-16(9-6-10-25-20(24)29-30(34)35)19(32)27-17(18(23)31)11-13-12-26-15-8-5-4-7-14(13)15/h4-5,7-8,12,16-17,26H,6,9-11H2,1-3H3,(H2,23,31)(H,27,32)(H,28,33)(H3,24,25,29)/t16-,17-/m0/s1. The van der Waals surface area contributed by atoms with Gasteiger partial charge in [-0.15, -0.1) is 0 Å².